The molecule has 0 bridgehead atoms. The molecule has 4 nitrogen and oxygen atoms in total. The van der Waals surface area contributed by atoms with E-state index in [0.29, 0.717) is 12.2 Å². The van der Waals surface area contributed by atoms with Crippen LogP contribution in [0.2, 0.25) is 0 Å². The molecule has 4 rings (SSSR count). The number of nitrogens with zero attached hydrogens (tertiary/aromatic N) is 2. The lowest BCUT2D eigenvalue weighted by Gasteiger charge is -2.16. The topological polar surface area (TPSA) is 51.0 Å². The van der Waals surface area contributed by atoms with E-state index < -0.39 is 0 Å². The Bertz CT molecular complexity index is 1410. The van der Waals surface area contributed by atoms with E-state index in [1.54, 1.807) is 30.7 Å². The predicted molar refractivity (Wildman–Crippen MR) is 147 cm³/mol. The molecule has 1 aromatic heterocycles. The number of carbonyl (C=O) groups is 1. The van der Waals surface area contributed by atoms with Crippen LogP contribution in [0.3, 0.4) is 0 Å². The zero-order valence-electron chi connectivity index (χ0n) is 19.7. The monoisotopic (exact) mass is 498 g/mol. The summed E-state index contributed by atoms with van der Waals surface area (Å²) in [5.41, 5.74) is 6.25. The first-order chi connectivity index (χ1) is 17.2. The van der Waals surface area contributed by atoms with Crippen molar-refractivity contribution in [2.24, 2.45) is 9.98 Å². The maximum absolute atomic E-state index is 12.8. The average molecular weight is 499 g/mol. The van der Waals surface area contributed by atoms with Crippen molar-refractivity contribution in [3.05, 3.63) is 117 Å². The Morgan fingerprint density at radius 1 is 1.17 bits per heavy atom. The maximum Gasteiger partial charge on any atom is 0.165 e. The summed E-state index contributed by atoms with van der Waals surface area (Å²) in [7, 11) is 3.47. The Morgan fingerprint density at radius 3 is 2.71 bits per heavy atom. The van der Waals surface area contributed by atoms with Crippen LogP contribution in [0.1, 0.15) is 23.5 Å². The van der Waals surface area contributed by atoms with Gasteiger partial charge in [-0.1, -0.05) is 54.3 Å². The Morgan fingerprint density at radius 2 is 1.97 bits per heavy atom. The Hall–Kier alpha value is -3.44. The van der Waals surface area contributed by atoms with Gasteiger partial charge in [-0.05, 0) is 46.9 Å². The van der Waals surface area contributed by atoms with Gasteiger partial charge in [-0.25, -0.2) is 4.99 Å². The number of thiophene rings is 1. The second-order valence-electron chi connectivity index (χ2n) is 7.81. The third-order valence-corrected chi connectivity index (χ3v) is 7.50. The first-order valence-electron chi connectivity index (χ1n) is 11.2. The van der Waals surface area contributed by atoms with Gasteiger partial charge in [-0.3, -0.25) is 9.79 Å². The summed E-state index contributed by atoms with van der Waals surface area (Å²) in [5.74, 6) is 1.22. The highest BCUT2D eigenvalue weighted by Crippen LogP contribution is 2.26. The lowest BCUT2D eigenvalue weighted by atomic mass is 9.90. The highest BCUT2D eigenvalue weighted by Gasteiger charge is 2.14. The van der Waals surface area contributed by atoms with Crippen molar-refractivity contribution < 1.29 is 9.53 Å². The van der Waals surface area contributed by atoms with Gasteiger partial charge in [0.05, 0.1) is 19.1 Å². The first kappa shape index (κ1) is 24.7. The number of hydrogen-bond donors (Lipinski definition) is 0. The van der Waals surface area contributed by atoms with Gasteiger partial charge in [0.1, 0.15) is 10.4 Å². The molecule has 6 heteroatoms. The highest BCUT2D eigenvalue weighted by molar-refractivity contribution is 8.08. The fraction of sp³-hybridized carbons (Fsp3) is 0.172. The summed E-state index contributed by atoms with van der Waals surface area (Å²) in [5, 5.41) is 3.07. The molecule has 2 aromatic carbocycles. The summed E-state index contributed by atoms with van der Waals surface area (Å²) in [6.45, 7) is 0. The lowest BCUT2D eigenvalue weighted by Crippen LogP contribution is -2.19. The molecular weight excluding hydrogens is 472 g/mol. The Balaban J connectivity index is 1.52. The van der Waals surface area contributed by atoms with Crippen LogP contribution in [-0.4, -0.2) is 31.4 Å². The molecule has 176 valence electrons. The van der Waals surface area contributed by atoms with Gasteiger partial charge in [-0.2, -0.15) is 0 Å². The molecule has 0 saturated carbocycles. The number of aliphatic imine (C=N–C) groups is 1. The van der Waals surface area contributed by atoms with Crippen LogP contribution < -0.4 is 14.6 Å². The third-order valence-electron chi connectivity index (χ3n) is 5.60. The van der Waals surface area contributed by atoms with Crippen molar-refractivity contribution >= 4 is 39.5 Å². The van der Waals surface area contributed by atoms with Crippen LogP contribution in [0.5, 0.6) is 5.75 Å². The molecule has 1 aliphatic heterocycles. The van der Waals surface area contributed by atoms with Gasteiger partial charge in [0.25, 0.3) is 0 Å². The molecule has 0 saturated heterocycles. The second-order valence-corrected chi connectivity index (χ2v) is 9.72. The lowest BCUT2D eigenvalue weighted by molar-refractivity contribution is -0.112. The number of hydrogen-bond acceptors (Lipinski definition) is 6. The van der Waals surface area contributed by atoms with Crippen LogP contribution in [0.4, 0.5) is 0 Å². The summed E-state index contributed by atoms with van der Waals surface area (Å²) in [6, 6.07) is 20.2. The number of carbonyl (C=O) groups excluding carboxylic acids is 1. The number of allylic oxidation sites excluding steroid dienone is 2. The minimum absolute atomic E-state index is 0.00408. The van der Waals surface area contributed by atoms with Crippen molar-refractivity contribution in [2.75, 3.05) is 19.9 Å². The molecule has 1 atom stereocenters. The highest BCUT2D eigenvalue weighted by atomic mass is 32.2. The van der Waals surface area contributed by atoms with E-state index in [-0.39, 0.29) is 11.7 Å². The van der Waals surface area contributed by atoms with Crippen molar-refractivity contribution in [1.82, 2.24) is 0 Å². The second kappa shape index (κ2) is 12.3. The molecule has 0 aliphatic carbocycles. The van der Waals surface area contributed by atoms with E-state index in [9.17, 15) is 4.79 Å². The summed E-state index contributed by atoms with van der Waals surface area (Å²) in [6.07, 6.45) is 7.96. The molecule has 0 N–H and O–H groups in total. The molecule has 2 heterocycles. The minimum atomic E-state index is 0.00408. The van der Waals surface area contributed by atoms with E-state index in [1.807, 2.05) is 73.1 Å². The number of thioether (sulfide) groups is 1. The average Bonchev–Trinajstić information content (AvgIpc) is 3.29. The number of methoxy groups -OCH3 is 1. The van der Waals surface area contributed by atoms with Crippen molar-refractivity contribution in [3.8, 4) is 5.75 Å². The van der Waals surface area contributed by atoms with Gasteiger partial charge in [-0.15, -0.1) is 23.1 Å². The first-order valence-corrected chi connectivity index (χ1v) is 13.1. The molecule has 0 amide bonds. The van der Waals surface area contributed by atoms with Crippen LogP contribution >= 0.6 is 23.1 Å². The normalized spacial score (nSPS) is 13.9. The van der Waals surface area contributed by atoms with Gasteiger partial charge >= 0.3 is 0 Å². The van der Waals surface area contributed by atoms with Crippen LogP contribution in [-0.2, 0) is 4.79 Å². The SMILES string of the molecule is CN=C(C[C@H](/C=C\C(=O)CSC1=c2ccsc2=NC=C=C1)c1ccc(OC)cc1)c1ccccc1. The van der Waals surface area contributed by atoms with Gasteiger partial charge < -0.3 is 4.74 Å². The molecule has 0 radical (unpaired) electrons. The smallest absolute Gasteiger partial charge is 0.165 e. The zero-order valence-corrected chi connectivity index (χ0v) is 21.3. The van der Waals surface area contributed by atoms with E-state index in [0.717, 1.165) is 37.4 Å². The summed E-state index contributed by atoms with van der Waals surface area (Å²) < 4.78 is 6.27. The maximum atomic E-state index is 12.8. The number of fused-ring (bicyclic) bond motifs is 1. The molecular formula is C29H26N2O2S2. The zero-order chi connectivity index (χ0) is 24.5. The molecule has 0 unspecified atom stereocenters. The van der Waals surface area contributed by atoms with Gasteiger partial charge in [0.2, 0.25) is 0 Å². The summed E-state index contributed by atoms with van der Waals surface area (Å²) in [4.78, 5) is 22.8. The molecule has 3 aromatic rings. The summed E-state index contributed by atoms with van der Waals surface area (Å²) >= 11 is 3.10. The molecule has 0 spiro atoms. The number of benzene rings is 2. The number of ketones is 1. The fourth-order valence-corrected chi connectivity index (χ4v) is 5.42. The molecule has 0 fully saturated rings. The molecule has 35 heavy (non-hydrogen) atoms. The van der Waals surface area contributed by atoms with E-state index in [2.05, 4.69) is 27.8 Å². The molecule has 1 aliphatic rings. The largest absolute Gasteiger partial charge is 0.497 e. The van der Waals surface area contributed by atoms with Crippen molar-refractivity contribution in [3.63, 3.8) is 0 Å². The van der Waals surface area contributed by atoms with Crippen LogP contribution in [0, 0.1) is 0 Å². The Kier molecular flexibility index (Phi) is 8.68. The Labute approximate surface area is 213 Å². The van der Waals surface area contributed by atoms with E-state index in [1.165, 1.54) is 11.8 Å². The number of rotatable bonds is 10. The quantitative estimate of drug-likeness (QED) is 0.216. The van der Waals surface area contributed by atoms with Crippen LogP contribution in [0.25, 0.3) is 4.91 Å². The van der Waals surface area contributed by atoms with Crippen LogP contribution in [0.15, 0.2) is 106 Å². The van der Waals surface area contributed by atoms with Crippen molar-refractivity contribution in [1.29, 1.82) is 0 Å². The fourth-order valence-electron chi connectivity index (χ4n) is 3.74. The van der Waals surface area contributed by atoms with Gasteiger partial charge in [0, 0.05) is 35.2 Å². The minimum Gasteiger partial charge on any atom is -0.497 e. The van der Waals surface area contributed by atoms with Gasteiger partial charge in [0.15, 0.2) is 5.78 Å². The van der Waals surface area contributed by atoms with E-state index in [4.69, 9.17) is 4.74 Å². The van der Waals surface area contributed by atoms with E-state index >= 15 is 0 Å². The third kappa shape index (κ3) is 6.58. The predicted octanol–water partition coefficient (Wildman–Crippen LogP) is 5.32. The standard InChI is InChI=1S/C29H26N2O2S2/c1-30-27(22-7-4-3-5-8-22)19-23(21-11-14-25(33-2)15-12-21)10-13-24(32)20-35-28-9-6-17-31-29-26(28)16-18-34-29/h3-5,7-18,23H,19-20H2,1-2H3/b13-10-,30-27?/t23-/m0/s1. The number of ether oxygens (including phenoxy) is 1. The van der Waals surface area contributed by atoms with Crippen molar-refractivity contribution in [2.45, 2.75) is 12.3 Å².